The van der Waals surface area contributed by atoms with Crippen molar-refractivity contribution in [2.75, 3.05) is 12.0 Å². The molecule has 0 radical (unpaired) electrons. The molecule has 0 aliphatic heterocycles. The van der Waals surface area contributed by atoms with E-state index in [2.05, 4.69) is 10.6 Å². The van der Waals surface area contributed by atoms with Gasteiger partial charge < -0.3 is 21.1 Å². The van der Waals surface area contributed by atoms with E-state index in [1.165, 1.54) is 0 Å². The minimum absolute atomic E-state index is 0.175. The van der Waals surface area contributed by atoms with Crippen molar-refractivity contribution < 1.29 is 19.1 Å². The predicted octanol–water partition coefficient (Wildman–Crippen LogP) is 1.65. The summed E-state index contributed by atoms with van der Waals surface area (Å²) in [6.45, 7) is 9.12. The van der Waals surface area contributed by atoms with Crippen LogP contribution >= 0.6 is 11.8 Å². The van der Waals surface area contributed by atoms with Gasteiger partial charge in [-0.05, 0) is 51.5 Å². The Morgan fingerprint density at radius 2 is 1.71 bits per heavy atom. The number of primary amides is 1. The molecule has 0 unspecified atom stereocenters. The Morgan fingerprint density at radius 1 is 1.12 bits per heavy atom. The highest BCUT2D eigenvalue weighted by molar-refractivity contribution is 7.98. The van der Waals surface area contributed by atoms with Gasteiger partial charge in [-0.25, -0.2) is 4.79 Å². The molecule has 0 saturated carbocycles. The molecule has 4 N–H and O–H groups in total. The number of alkyl carbamates (subject to hydrolysis) is 1. The topological polar surface area (TPSA) is 111 Å². The van der Waals surface area contributed by atoms with E-state index in [1.807, 2.05) is 20.1 Å². The molecule has 0 heterocycles. The first-order chi connectivity index (χ1) is 11.0. The number of hydrogen-bond donors (Lipinski definition) is 3. The van der Waals surface area contributed by atoms with Crippen LogP contribution in [-0.2, 0) is 14.3 Å². The van der Waals surface area contributed by atoms with Crippen LogP contribution in [-0.4, -0.2) is 47.6 Å². The lowest BCUT2D eigenvalue weighted by atomic mass is 10.0. The number of hydrogen-bond acceptors (Lipinski definition) is 5. The number of carbonyl (C=O) groups excluding carboxylic acids is 3. The number of ether oxygens (including phenoxy) is 1. The van der Waals surface area contributed by atoms with Gasteiger partial charge in [0.05, 0.1) is 0 Å². The third kappa shape index (κ3) is 10.4. The second-order valence-electron chi connectivity index (χ2n) is 7.07. The van der Waals surface area contributed by atoms with Crippen LogP contribution in [0.25, 0.3) is 0 Å². The summed E-state index contributed by atoms with van der Waals surface area (Å²) in [5.41, 5.74) is 4.68. The van der Waals surface area contributed by atoms with Crippen molar-refractivity contribution in [2.24, 2.45) is 11.7 Å². The van der Waals surface area contributed by atoms with Gasteiger partial charge in [0.15, 0.2) is 0 Å². The van der Waals surface area contributed by atoms with Crippen LogP contribution in [0, 0.1) is 5.92 Å². The van der Waals surface area contributed by atoms with Gasteiger partial charge in [0, 0.05) is 0 Å². The number of rotatable bonds is 9. The van der Waals surface area contributed by atoms with Gasteiger partial charge in [-0.2, -0.15) is 11.8 Å². The Labute approximate surface area is 148 Å². The Balaban J connectivity index is 4.92. The SMILES string of the molecule is CSCC[C@H](NC(=O)[C@H](CC(C)C)NC(=O)OC(C)(C)C)C(N)=O. The summed E-state index contributed by atoms with van der Waals surface area (Å²) in [7, 11) is 0. The van der Waals surface area contributed by atoms with E-state index in [0.29, 0.717) is 18.6 Å². The third-order valence-corrected chi connectivity index (χ3v) is 3.63. The molecule has 7 nitrogen and oxygen atoms in total. The van der Waals surface area contributed by atoms with Crippen molar-refractivity contribution in [1.82, 2.24) is 10.6 Å². The minimum atomic E-state index is -0.782. The monoisotopic (exact) mass is 361 g/mol. The molecule has 0 saturated heterocycles. The first-order valence-electron chi connectivity index (χ1n) is 8.04. The van der Waals surface area contributed by atoms with Crippen LogP contribution in [0.4, 0.5) is 4.79 Å². The van der Waals surface area contributed by atoms with E-state index < -0.39 is 35.6 Å². The van der Waals surface area contributed by atoms with Crippen molar-refractivity contribution in [3.05, 3.63) is 0 Å². The maximum Gasteiger partial charge on any atom is 0.408 e. The summed E-state index contributed by atoms with van der Waals surface area (Å²) in [6.07, 6.45) is 2.12. The molecule has 24 heavy (non-hydrogen) atoms. The summed E-state index contributed by atoms with van der Waals surface area (Å²) >= 11 is 1.56. The average Bonchev–Trinajstić information content (AvgIpc) is 2.39. The van der Waals surface area contributed by atoms with Gasteiger partial charge in [0.2, 0.25) is 11.8 Å². The highest BCUT2D eigenvalue weighted by Crippen LogP contribution is 2.10. The van der Waals surface area contributed by atoms with Crippen molar-refractivity contribution in [3.8, 4) is 0 Å². The molecule has 0 aliphatic rings. The largest absolute Gasteiger partial charge is 0.444 e. The van der Waals surface area contributed by atoms with Crippen LogP contribution in [0.1, 0.15) is 47.5 Å². The van der Waals surface area contributed by atoms with Gasteiger partial charge in [-0.15, -0.1) is 0 Å². The number of nitrogens with one attached hydrogen (secondary N) is 2. The highest BCUT2D eigenvalue weighted by atomic mass is 32.2. The molecule has 0 spiro atoms. The molecular weight excluding hydrogens is 330 g/mol. The normalized spacial score (nSPS) is 14.0. The second kappa shape index (κ2) is 10.4. The molecule has 3 amide bonds. The van der Waals surface area contributed by atoms with Crippen LogP contribution in [0.2, 0.25) is 0 Å². The zero-order valence-corrected chi connectivity index (χ0v) is 16.3. The lowest BCUT2D eigenvalue weighted by molar-refractivity contribution is -0.128. The minimum Gasteiger partial charge on any atom is -0.444 e. The molecule has 140 valence electrons. The van der Waals surface area contributed by atoms with Crippen molar-refractivity contribution >= 4 is 29.7 Å². The Hall–Kier alpha value is -1.44. The van der Waals surface area contributed by atoms with E-state index >= 15 is 0 Å². The van der Waals surface area contributed by atoms with Crippen molar-refractivity contribution in [1.29, 1.82) is 0 Å². The predicted molar refractivity (Wildman–Crippen MR) is 96.7 cm³/mol. The summed E-state index contributed by atoms with van der Waals surface area (Å²) in [5, 5.41) is 5.20. The first-order valence-corrected chi connectivity index (χ1v) is 9.43. The molecule has 0 rings (SSSR count). The summed E-state index contributed by atoms with van der Waals surface area (Å²) in [5.74, 6) is -0.145. The zero-order chi connectivity index (χ0) is 18.9. The van der Waals surface area contributed by atoms with Crippen LogP contribution in [0.5, 0.6) is 0 Å². The molecule has 0 bridgehead atoms. The first kappa shape index (κ1) is 22.6. The molecule has 0 fully saturated rings. The summed E-state index contributed by atoms with van der Waals surface area (Å²) in [6, 6.07) is -1.53. The number of amides is 3. The van der Waals surface area contributed by atoms with E-state index in [0.717, 1.165) is 0 Å². The molecule has 0 aromatic heterocycles. The Bertz CT molecular complexity index is 436. The van der Waals surface area contributed by atoms with E-state index in [4.69, 9.17) is 10.5 Å². The standard InChI is InChI=1S/C16H31N3O4S/c1-10(2)9-12(19-15(22)23-16(3,4)5)14(21)18-11(13(17)20)7-8-24-6/h10-12H,7-9H2,1-6H3,(H2,17,20)(H,18,21)(H,19,22)/t11-,12-/m0/s1. The summed E-state index contributed by atoms with van der Waals surface area (Å²) in [4.78, 5) is 35.9. The highest BCUT2D eigenvalue weighted by Gasteiger charge is 2.27. The molecule has 2 atom stereocenters. The number of carbonyl (C=O) groups is 3. The third-order valence-electron chi connectivity index (χ3n) is 2.99. The average molecular weight is 362 g/mol. The van der Waals surface area contributed by atoms with Gasteiger partial charge in [0.25, 0.3) is 0 Å². The lowest BCUT2D eigenvalue weighted by Gasteiger charge is -2.25. The number of nitrogens with two attached hydrogens (primary N) is 1. The molecule has 0 aliphatic carbocycles. The van der Waals surface area contributed by atoms with E-state index in [-0.39, 0.29) is 5.92 Å². The van der Waals surface area contributed by atoms with E-state index in [9.17, 15) is 14.4 Å². The van der Waals surface area contributed by atoms with Gasteiger partial charge >= 0.3 is 6.09 Å². The molecular formula is C16H31N3O4S. The maximum absolute atomic E-state index is 12.5. The zero-order valence-electron chi connectivity index (χ0n) is 15.5. The fraction of sp³-hybridized carbons (Fsp3) is 0.812. The molecule has 0 aromatic rings. The Kier molecular flexibility index (Phi) is 9.80. The smallest absolute Gasteiger partial charge is 0.408 e. The molecule has 0 aromatic carbocycles. The molecule has 8 heteroatoms. The quantitative estimate of drug-likeness (QED) is 0.578. The van der Waals surface area contributed by atoms with Gasteiger partial charge in [-0.3, -0.25) is 9.59 Å². The van der Waals surface area contributed by atoms with Gasteiger partial charge in [-0.1, -0.05) is 13.8 Å². The van der Waals surface area contributed by atoms with Crippen LogP contribution < -0.4 is 16.4 Å². The van der Waals surface area contributed by atoms with Crippen molar-refractivity contribution in [2.45, 2.75) is 65.1 Å². The fourth-order valence-electron chi connectivity index (χ4n) is 1.95. The van der Waals surface area contributed by atoms with Gasteiger partial charge in [0.1, 0.15) is 17.7 Å². The number of thioether (sulfide) groups is 1. The lowest BCUT2D eigenvalue weighted by Crippen LogP contribution is -2.54. The van der Waals surface area contributed by atoms with Crippen molar-refractivity contribution in [3.63, 3.8) is 0 Å². The fourth-order valence-corrected chi connectivity index (χ4v) is 2.42. The Morgan fingerprint density at radius 3 is 2.12 bits per heavy atom. The van der Waals surface area contributed by atoms with Crippen LogP contribution in [0.15, 0.2) is 0 Å². The van der Waals surface area contributed by atoms with E-state index in [1.54, 1.807) is 32.5 Å². The van der Waals surface area contributed by atoms with Crippen LogP contribution in [0.3, 0.4) is 0 Å². The maximum atomic E-state index is 12.5. The second-order valence-corrected chi connectivity index (χ2v) is 8.06. The summed E-state index contributed by atoms with van der Waals surface area (Å²) < 4.78 is 5.19.